The van der Waals surface area contributed by atoms with Crippen LogP contribution in [0.4, 0.5) is 26.3 Å². The molecule has 0 amide bonds. The molecule has 110 valence electrons. The maximum Gasteiger partial charge on any atom is 0.434 e. The largest absolute Gasteiger partial charge is 0.470 e. The van der Waals surface area contributed by atoms with Crippen LogP contribution < -0.4 is 4.74 Å². The molecule has 0 unspecified atom stereocenters. The fourth-order valence-electron chi connectivity index (χ4n) is 1.47. The third kappa shape index (κ3) is 3.53. The predicted octanol–water partition coefficient (Wildman–Crippen LogP) is 3.44. The zero-order valence-corrected chi connectivity index (χ0v) is 10.2. The second-order valence-electron chi connectivity index (χ2n) is 3.92. The van der Waals surface area contributed by atoms with Gasteiger partial charge in [-0.05, 0) is 13.8 Å². The second kappa shape index (κ2) is 5.19. The minimum atomic E-state index is -5.64. The lowest BCUT2D eigenvalue weighted by atomic mass is 10.2. The van der Waals surface area contributed by atoms with Crippen molar-refractivity contribution in [2.45, 2.75) is 32.3 Å². The van der Waals surface area contributed by atoms with E-state index in [1.165, 1.54) is 19.9 Å². The molecule has 1 aromatic rings. The summed E-state index contributed by atoms with van der Waals surface area (Å²) >= 11 is 0. The van der Waals surface area contributed by atoms with E-state index in [1.807, 2.05) is 0 Å². The van der Waals surface area contributed by atoms with E-state index in [0.717, 1.165) is 6.07 Å². The summed E-state index contributed by atoms with van der Waals surface area (Å²) < 4.78 is 78.4. The first-order valence-corrected chi connectivity index (χ1v) is 5.15. The monoisotopic (exact) mass is 298 g/mol. The molecule has 0 atom stereocenters. The summed E-state index contributed by atoms with van der Waals surface area (Å²) in [6.45, 7) is 2.64. The average Bonchev–Trinajstić information content (AvgIpc) is 2.22. The maximum atomic E-state index is 12.4. The number of halogens is 6. The molecular formula is C11H8F6N2O. The minimum Gasteiger partial charge on any atom is -0.470 e. The third-order valence-corrected chi connectivity index (χ3v) is 2.24. The van der Waals surface area contributed by atoms with E-state index in [9.17, 15) is 26.3 Å². The van der Waals surface area contributed by atoms with Gasteiger partial charge in [-0.2, -0.15) is 31.6 Å². The van der Waals surface area contributed by atoms with Gasteiger partial charge in [-0.3, -0.25) is 4.98 Å². The molecule has 0 spiro atoms. The number of nitriles is 1. The number of rotatable bonds is 2. The lowest BCUT2D eigenvalue weighted by Crippen LogP contribution is -2.46. The van der Waals surface area contributed by atoms with Crippen LogP contribution in [0, 0.1) is 25.2 Å². The van der Waals surface area contributed by atoms with Gasteiger partial charge in [0.15, 0.2) is 0 Å². The van der Waals surface area contributed by atoms with Gasteiger partial charge in [-0.1, -0.05) is 0 Å². The Hall–Kier alpha value is -1.98. The highest BCUT2D eigenvalue weighted by atomic mass is 19.4. The van der Waals surface area contributed by atoms with Crippen molar-refractivity contribution in [2.75, 3.05) is 0 Å². The Balaban J connectivity index is 3.30. The number of aryl methyl sites for hydroxylation is 2. The zero-order valence-electron chi connectivity index (χ0n) is 10.2. The number of aromatic nitrogens is 1. The van der Waals surface area contributed by atoms with Gasteiger partial charge in [-0.15, -0.1) is 0 Å². The van der Waals surface area contributed by atoms with Crippen molar-refractivity contribution in [1.29, 1.82) is 5.26 Å². The van der Waals surface area contributed by atoms with Crippen molar-refractivity contribution in [2.24, 2.45) is 0 Å². The number of ether oxygens (including phenoxy) is 1. The van der Waals surface area contributed by atoms with Gasteiger partial charge in [0.1, 0.15) is 17.4 Å². The van der Waals surface area contributed by atoms with Crippen LogP contribution in [0.25, 0.3) is 0 Å². The molecule has 0 aromatic carbocycles. The van der Waals surface area contributed by atoms with E-state index >= 15 is 0 Å². The van der Waals surface area contributed by atoms with E-state index in [-0.39, 0.29) is 11.4 Å². The van der Waals surface area contributed by atoms with Crippen LogP contribution in [0.1, 0.15) is 17.0 Å². The van der Waals surface area contributed by atoms with Crippen molar-refractivity contribution in [3.63, 3.8) is 0 Å². The van der Waals surface area contributed by atoms with Gasteiger partial charge in [-0.25, -0.2) is 0 Å². The summed E-state index contributed by atoms with van der Waals surface area (Å²) in [4.78, 5) is 3.77. The second-order valence-corrected chi connectivity index (χ2v) is 3.92. The van der Waals surface area contributed by atoms with Crippen LogP contribution in [-0.4, -0.2) is 23.4 Å². The standard InChI is InChI=1S/C11H8F6N2O/c1-5-3-8(7(4-18)6(2)19-5)20-9(10(12,13)14)11(15,16)17/h3,9H,1-2H3. The van der Waals surface area contributed by atoms with Gasteiger partial charge >= 0.3 is 12.4 Å². The Bertz CT molecular complexity index is 530. The molecule has 3 nitrogen and oxygen atoms in total. The Morgan fingerprint density at radius 1 is 1.15 bits per heavy atom. The molecule has 0 saturated carbocycles. The van der Waals surface area contributed by atoms with E-state index in [0.29, 0.717) is 0 Å². The quantitative estimate of drug-likeness (QED) is 0.786. The van der Waals surface area contributed by atoms with Crippen LogP contribution >= 0.6 is 0 Å². The summed E-state index contributed by atoms with van der Waals surface area (Å²) in [6.07, 6.45) is -15.3. The zero-order chi connectivity index (χ0) is 15.7. The average molecular weight is 298 g/mol. The molecule has 1 aromatic heterocycles. The highest BCUT2D eigenvalue weighted by Gasteiger charge is 2.59. The number of hydrogen-bond acceptors (Lipinski definition) is 3. The van der Waals surface area contributed by atoms with Crippen LogP contribution in [0.3, 0.4) is 0 Å². The highest BCUT2D eigenvalue weighted by Crippen LogP contribution is 2.37. The molecule has 1 heterocycles. The molecule has 0 fully saturated rings. The van der Waals surface area contributed by atoms with Crippen LogP contribution in [-0.2, 0) is 0 Å². The van der Waals surface area contributed by atoms with Crippen LogP contribution in [0.2, 0.25) is 0 Å². The summed E-state index contributed by atoms with van der Waals surface area (Å²) in [5.74, 6) is -0.794. The molecule has 0 radical (unpaired) electrons. The molecule has 0 bridgehead atoms. The predicted molar refractivity (Wildman–Crippen MR) is 55.0 cm³/mol. The Morgan fingerprint density at radius 3 is 2.05 bits per heavy atom. The van der Waals surface area contributed by atoms with Crippen molar-refractivity contribution >= 4 is 0 Å². The minimum absolute atomic E-state index is 0.00870. The Morgan fingerprint density at radius 2 is 1.65 bits per heavy atom. The van der Waals surface area contributed by atoms with Crippen molar-refractivity contribution in [1.82, 2.24) is 4.98 Å². The fourth-order valence-corrected chi connectivity index (χ4v) is 1.47. The smallest absolute Gasteiger partial charge is 0.434 e. The normalized spacial score (nSPS) is 12.4. The molecule has 0 aliphatic rings. The van der Waals surface area contributed by atoms with Crippen molar-refractivity contribution in [3.05, 3.63) is 23.0 Å². The van der Waals surface area contributed by atoms with E-state index in [4.69, 9.17) is 5.26 Å². The van der Waals surface area contributed by atoms with E-state index in [2.05, 4.69) is 9.72 Å². The SMILES string of the molecule is Cc1cc(OC(C(F)(F)F)C(F)(F)F)c(C#N)c(C)n1. The molecular weight excluding hydrogens is 290 g/mol. The first-order valence-electron chi connectivity index (χ1n) is 5.15. The van der Waals surface area contributed by atoms with Crippen molar-refractivity contribution in [3.8, 4) is 11.8 Å². The van der Waals surface area contributed by atoms with Crippen LogP contribution in [0.15, 0.2) is 6.07 Å². The maximum absolute atomic E-state index is 12.4. The molecule has 0 aliphatic carbocycles. The molecule has 9 heteroatoms. The topological polar surface area (TPSA) is 45.9 Å². The first-order chi connectivity index (χ1) is 8.96. The summed E-state index contributed by atoms with van der Waals surface area (Å²) in [7, 11) is 0. The van der Waals surface area contributed by atoms with Gasteiger partial charge in [0.2, 0.25) is 0 Å². The van der Waals surface area contributed by atoms with Gasteiger partial charge < -0.3 is 4.74 Å². The molecule has 0 aliphatic heterocycles. The lowest BCUT2D eigenvalue weighted by molar-refractivity contribution is -0.299. The van der Waals surface area contributed by atoms with Crippen LogP contribution in [0.5, 0.6) is 5.75 Å². The number of hydrogen-bond donors (Lipinski definition) is 0. The van der Waals surface area contributed by atoms with Crippen molar-refractivity contribution < 1.29 is 31.1 Å². The third-order valence-electron chi connectivity index (χ3n) is 2.24. The summed E-state index contributed by atoms with van der Waals surface area (Å²) in [5.41, 5.74) is -0.334. The van der Waals surface area contributed by atoms with Gasteiger partial charge in [0, 0.05) is 11.8 Å². The first kappa shape index (κ1) is 16.1. The van der Waals surface area contributed by atoms with Gasteiger partial charge in [0.05, 0.1) is 5.69 Å². The lowest BCUT2D eigenvalue weighted by Gasteiger charge is -2.24. The Kier molecular flexibility index (Phi) is 4.17. The van der Waals surface area contributed by atoms with E-state index < -0.39 is 29.8 Å². The summed E-state index contributed by atoms with van der Waals surface area (Å²) in [5, 5.41) is 8.78. The number of pyridine rings is 1. The fraction of sp³-hybridized carbons (Fsp3) is 0.455. The molecule has 20 heavy (non-hydrogen) atoms. The number of nitrogens with zero attached hydrogens (tertiary/aromatic N) is 2. The molecule has 0 N–H and O–H groups in total. The molecule has 0 saturated heterocycles. The van der Waals surface area contributed by atoms with E-state index in [1.54, 1.807) is 0 Å². The highest BCUT2D eigenvalue weighted by molar-refractivity contribution is 5.46. The number of alkyl halides is 6. The van der Waals surface area contributed by atoms with Gasteiger partial charge in [0.25, 0.3) is 6.10 Å². The summed E-state index contributed by atoms with van der Waals surface area (Å²) in [6, 6.07) is 2.33. The molecule has 1 rings (SSSR count). The Labute approximate surface area is 109 Å².